The van der Waals surface area contributed by atoms with E-state index in [1.807, 2.05) is 62.4 Å². The summed E-state index contributed by atoms with van der Waals surface area (Å²) in [6, 6.07) is 15.4. The summed E-state index contributed by atoms with van der Waals surface area (Å²) in [5.41, 5.74) is 5.91. The summed E-state index contributed by atoms with van der Waals surface area (Å²) in [7, 11) is -2.85. The fraction of sp³-hybridized carbons (Fsp3) is 0.167. The number of nitrogens with zero attached hydrogens (tertiary/aromatic N) is 1. The first kappa shape index (κ1) is 20.0. The monoisotopic (exact) mass is 419 g/mol. The predicted molar refractivity (Wildman–Crippen MR) is 125 cm³/mol. The van der Waals surface area contributed by atoms with Crippen LogP contribution in [0.1, 0.15) is 21.5 Å². The van der Waals surface area contributed by atoms with Crippen LogP contribution in [0.25, 0.3) is 11.1 Å². The normalized spacial score (nSPS) is 17.2. The number of amides is 1. The first-order valence-electron chi connectivity index (χ1n) is 9.78. The summed E-state index contributed by atoms with van der Waals surface area (Å²) in [6.45, 7) is 7.66. The highest BCUT2D eigenvalue weighted by Crippen LogP contribution is 2.41. The smallest absolute Gasteiger partial charge is 0.257 e. The fourth-order valence-corrected chi connectivity index (χ4v) is 5.68. The number of anilines is 2. The Morgan fingerprint density at radius 1 is 1.03 bits per heavy atom. The van der Waals surface area contributed by atoms with E-state index in [9.17, 15) is 9.00 Å². The Bertz CT molecular complexity index is 1190. The Hall–Kier alpha value is -3.25. The van der Waals surface area contributed by atoms with Gasteiger partial charge in [-0.05, 0) is 63.4 Å². The Morgan fingerprint density at radius 2 is 1.70 bits per heavy atom. The number of carbonyl (C=O) groups is 1. The van der Waals surface area contributed by atoms with Crippen LogP contribution in [0.2, 0.25) is 0 Å². The van der Waals surface area contributed by atoms with Gasteiger partial charge < -0.3 is 10.0 Å². The lowest BCUT2D eigenvalue weighted by molar-refractivity contribution is 0.102. The molecule has 2 heterocycles. The maximum absolute atomic E-state index is 12.8. The lowest BCUT2D eigenvalue weighted by Crippen LogP contribution is -2.22. The maximum atomic E-state index is 12.8. The van der Waals surface area contributed by atoms with Gasteiger partial charge in [-0.2, -0.15) is 0 Å². The molecule has 1 amide bonds. The van der Waals surface area contributed by atoms with Crippen molar-refractivity contribution in [2.45, 2.75) is 13.8 Å². The van der Waals surface area contributed by atoms with Crippen molar-refractivity contribution >= 4 is 26.5 Å². The molecule has 0 spiro atoms. The standard InChI is InChI=1S/C24H25N3O2S/c1-4-30(29,12-13-30)27-22-10-8-19(9-11-22)20-14-21(16-25-15-20)24(28)26-23-17(2)6-5-7-18(23)3/h4-11,14-16H,1,12-13H2,2-3H3,(H,26,28)(H,27,29). The highest BCUT2D eigenvalue weighted by molar-refractivity contribution is 8.29. The predicted octanol–water partition coefficient (Wildman–Crippen LogP) is 4.92. The lowest BCUT2D eigenvalue weighted by Gasteiger charge is -2.22. The quantitative estimate of drug-likeness (QED) is 0.557. The fourth-order valence-electron chi connectivity index (χ4n) is 3.37. The first-order chi connectivity index (χ1) is 14.3. The number of carbonyl (C=O) groups excluding carboxylic acids is 1. The van der Waals surface area contributed by atoms with Crippen molar-refractivity contribution in [1.82, 2.24) is 4.98 Å². The average Bonchev–Trinajstić information content (AvgIpc) is 3.44. The summed E-state index contributed by atoms with van der Waals surface area (Å²) in [4.78, 5) is 17.0. The molecule has 1 aliphatic rings. The van der Waals surface area contributed by atoms with Crippen molar-refractivity contribution in [3.05, 3.63) is 89.6 Å². The van der Waals surface area contributed by atoms with Crippen molar-refractivity contribution in [3.8, 4) is 11.1 Å². The third-order valence-electron chi connectivity index (χ3n) is 5.50. The second-order valence-electron chi connectivity index (χ2n) is 7.80. The highest BCUT2D eigenvalue weighted by Gasteiger charge is 2.46. The van der Waals surface area contributed by atoms with Crippen molar-refractivity contribution in [2.75, 3.05) is 21.5 Å². The molecule has 154 valence electrons. The van der Waals surface area contributed by atoms with Gasteiger partial charge in [0.2, 0.25) is 0 Å². The van der Waals surface area contributed by atoms with Gasteiger partial charge in [-0.1, -0.05) is 36.9 Å². The molecular weight excluding hydrogens is 394 g/mol. The van der Waals surface area contributed by atoms with Crippen molar-refractivity contribution in [2.24, 2.45) is 0 Å². The number of hydrogen-bond acceptors (Lipinski definition) is 3. The Labute approximate surface area is 176 Å². The number of aromatic nitrogens is 1. The van der Waals surface area contributed by atoms with Crippen molar-refractivity contribution in [1.29, 1.82) is 0 Å². The van der Waals surface area contributed by atoms with E-state index in [1.165, 1.54) is 0 Å². The summed E-state index contributed by atoms with van der Waals surface area (Å²) in [5, 5.41) is 4.56. The van der Waals surface area contributed by atoms with Crippen LogP contribution in [0.15, 0.2) is 72.9 Å². The van der Waals surface area contributed by atoms with Gasteiger partial charge in [0.05, 0.1) is 5.56 Å². The van der Waals surface area contributed by atoms with Gasteiger partial charge in [-0.25, -0.2) is 0 Å². The molecule has 4 rings (SSSR count). The molecule has 2 aromatic carbocycles. The zero-order valence-corrected chi connectivity index (χ0v) is 18.0. The zero-order valence-electron chi connectivity index (χ0n) is 17.1. The van der Waals surface area contributed by atoms with E-state index in [-0.39, 0.29) is 5.91 Å². The molecule has 0 bridgehead atoms. The molecule has 30 heavy (non-hydrogen) atoms. The van der Waals surface area contributed by atoms with E-state index in [4.69, 9.17) is 0 Å². The van der Waals surface area contributed by atoms with Crippen LogP contribution in [0.3, 0.4) is 0 Å². The molecule has 1 fully saturated rings. The number of pyridine rings is 1. The van der Waals surface area contributed by atoms with Crippen LogP contribution in [0, 0.1) is 13.8 Å². The summed E-state index contributed by atoms with van der Waals surface area (Å²) < 4.78 is 16.0. The number of para-hydroxylation sites is 1. The minimum atomic E-state index is -2.85. The van der Waals surface area contributed by atoms with Crippen LogP contribution in [-0.4, -0.2) is 26.6 Å². The Kier molecular flexibility index (Phi) is 4.82. The second-order valence-corrected chi connectivity index (χ2v) is 11.9. The van der Waals surface area contributed by atoms with Crippen molar-refractivity contribution in [3.63, 3.8) is 0 Å². The minimum absolute atomic E-state index is 0.195. The topological polar surface area (TPSA) is 71.1 Å². The van der Waals surface area contributed by atoms with E-state index in [1.54, 1.807) is 17.8 Å². The number of nitrogens with one attached hydrogen (secondary N) is 2. The lowest BCUT2D eigenvalue weighted by atomic mass is 10.0. The summed E-state index contributed by atoms with van der Waals surface area (Å²) in [5.74, 6) is 1.09. The van der Waals surface area contributed by atoms with Crippen LogP contribution in [0.5, 0.6) is 0 Å². The molecule has 0 atom stereocenters. The number of aryl methyl sites for hydroxylation is 2. The largest absolute Gasteiger partial charge is 0.322 e. The first-order valence-corrected chi connectivity index (χ1v) is 12.2. The van der Waals surface area contributed by atoms with E-state index in [0.29, 0.717) is 17.1 Å². The molecule has 0 saturated carbocycles. The number of hydrogen-bond donors (Lipinski definition) is 2. The molecule has 1 aliphatic heterocycles. The maximum Gasteiger partial charge on any atom is 0.257 e. The highest BCUT2D eigenvalue weighted by atomic mass is 32.3. The van der Waals surface area contributed by atoms with Gasteiger partial charge in [-0.15, -0.1) is 0 Å². The molecule has 3 aromatic rings. The SMILES string of the molecule is C=CS1(=O)(Nc2ccc(-c3cncc(C(=O)Nc4c(C)cccc4C)c3)cc2)CC1. The number of rotatable bonds is 6. The van der Waals surface area contributed by atoms with Gasteiger partial charge in [0, 0.05) is 40.8 Å². The summed E-state index contributed by atoms with van der Waals surface area (Å²) >= 11 is 0. The van der Waals surface area contributed by atoms with Gasteiger partial charge in [0.25, 0.3) is 5.91 Å². The van der Waals surface area contributed by atoms with Crippen molar-refractivity contribution < 1.29 is 9.00 Å². The Balaban J connectivity index is 1.54. The van der Waals surface area contributed by atoms with Crippen LogP contribution >= 0.6 is 0 Å². The summed E-state index contributed by atoms with van der Waals surface area (Å²) in [6.07, 6.45) is 3.29. The third kappa shape index (κ3) is 3.91. The van der Waals surface area contributed by atoms with Crippen LogP contribution in [-0.2, 0) is 9.25 Å². The Morgan fingerprint density at radius 3 is 2.30 bits per heavy atom. The van der Waals surface area contributed by atoms with E-state index < -0.39 is 9.25 Å². The molecule has 0 unspecified atom stereocenters. The molecule has 0 aliphatic carbocycles. The van der Waals surface area contributed by atoms with Crippen LogP contribution in [0.4, 0.5) is 11.4 Å². The van der Waals surface area contributed by atoms with Gasteiger partial charge in [-0.3, -0.25) is 14.0 Å². The zero-order chi connectivity index (χ0) is 21.4. The van der Waals surface area contributed by atoms with Gasteiger partial charge >= 0.3 is 0 Å². The van der Waals surface area contributed by atoms with Gasteiger partial charge in [0.1, 0.15) is 0 Å². The van der Waals surface area contributed by atoms with E-state index in [0.717, 1.165) is 33.6 Å². The average molecular weight is 420 g/mol. The van der Waals surface area contributed by atoms with E-state index in [2.05, 4.69) is 21.6 Å². The third-order valence-corrected chi connectivity index (χ3v) is 8.62. The molecule has 5 nitrogen and oxygen atoms in total. The molecule has 1 aromatic heterocycles. The molecule has 2 N–H and O–H groups in total. The number of benzene rings is 2. The molecule has 1 saturated heterocycles. The molecule has 0 radical (unpaired) electrons. The van der Waals surface area contributed by atoms with Gasteiger partial charge in [0.15, 0.2) is 0 Å². The molecule has 6 heteroatoms. The van der Waals surface area contributed by atoms with Crippen LogP contribution < -0.4 is 10.0 Å². The minimum Gasteiger partial charge on any atom is -0.322 e. The second kappa shape index (κ2) is 7.22. The molecular formula is C24H25N3O2S. The van der Waals surface area contributed by atoms with E-state index >= 15 is 0 Å².